The number of halogens is 3. The van der Waals surface area contributed by atoms with Gasteiger partial charge in [-0.3, -0.25) is 14.4 Å². The molecule has 11 heteroatoms. The van der Waals surface area contributed by atoms with Crippen molar-refractivity contribution in [1.29, 1.82) is 5.26 Å². The molecule has 2 N–H and O–H groups in total. The van der Waals surface area contributed by atoms with E-state index >= 15 is 0 Å². The number of nitrogens with one attached hydrogen (secondary N) is 2. The molecule has 1 fully saturated rings. The summed E-state index contributed by atoms with van der Waals surface area (Å²) in [6, 6.07) is 11.1. The van der Waals surface area contributed by atoms with Crippen LogP contribution in [0.25, 0.3) is 10.9 Å². The number of aromatic amines is 1. The van der Waals surface area contributed by atoms with Crippen LogP contribution in [0.5, 0.6) is 0 Å². The highest BCUT2D eigenvalue weighted by Crippen LogP contribution is 2.47. The number of anilines is 1. The first-order chi connectivity index (χ1) is 20.9. The number of nitrogens with zero attached hydrogens (tertiary/aromatic N) is 3. The van der Waals surface area contributed by atoms with E-state index in [4.69, 9.17) is 0 Å². The van der Waals surface area contributed by atoms with Crippen molar-refractivity contribution in [2.24, 2.45) is 5.92 Å². The minimum Gasteiger partial charge on any atom is -0.351 e. The molecular weight excluding hydrogens is 571 g/mol. The lowest BCUT2D eigenvalue weighted by Crippen LogP contribution is -2.53. The Morgan fingerprint density at radius 1 is 1.11 bits per heavy atom. The van der Waals surface area contributed by atoms with Gasteiger partial charge >= 0.3 is 6.18 Å². The monoisotopic (exact) mass is 605 g/mol. The summed E-state index contributed by atoms with van der Waals surface area (Å²) in [5, 5.41) is 13.6. The third-order valence-corrected chi connectivity index (χ3v) is 9.23. The van der Waals surface area contributed by atoms with Crippen LogP contribution < -0.4 is 5.32 Å². The lowest BCUT2D eigenvalue weighted by molar-refractivity contribution is -0.138. The number of aromatic nitrogens is 1. The van der Waals surface area contributed by atoms with Crippen molar-refractivity contribution in [1.82, 2.24) is 14.8 Å². The van der Waals surface area contributed by atoms with Gasteiger partial charge in [-0.05, 0) is 67.0 Å². The first-order valence-electron chi connectivity index (χ1n) is 15.1. The highest BCUT2D eigenvalue weighted by Gasteiger charge is 2.57. The summed E-state index contributed by atoms with van der Waals surface area (Å²) in [4.78, 5) is 47.9. The number of hydrogen-bond donors (Lipinski definition) is 2. The molecule has 0 unspecified atom stereocenters. The predicted octanol–water partition coefficient (Wildman–Crippen LogP) is 5.78. The Hall–Kier alpha value is -4.33. The summed E-state index contributed by atoms with van der Waals surface area (Å²) in [7, 11) is 0. The number of carbonyl (C=O) groups is 3. The number of amides is 3. The van der Waals surface area contributed by atoms with E-state index in [1.807, 2.05) is 32.0 Å². The fourth-order valence-corrected chi connectivity index (χ4v) is 6.99. The molecule has 1 aromatic heterocycles. The van der Waals surface area contributed by atoms with Crippen LogP contribution >= 0.6 is 0 Å². The highest BCUT2D eigenvalue weighted by atomic mass is 19.4. The smallest absolute Gasteiger partial charge is 0.351 e. The van der Waals surface area contributed by atoms with Crippen LogP contribution in [-0.4, -0.2) is 57.7 Å². The van der Waals surface area contributed by atoms with E-state index in [0.29, 0.717) is 23.9 Å². The number of benzene rings is 2. The minimum absolute atomic E-state index is 0.00496. The van der Waals surface area contributed by atoms with Gasteiger partial charge in [-0.1, -0.05) is 38.5 Å². The van der Waals surface area contributed by atoms with E-state index in [-0.39, 0.29) is 42.5 Å². The molecule has 0 radical (unpaired) electrons. The van der Waals surface area contributed by atoms with Crippen LogP contribution in [0.4, 0.5) is 18.9 Å². The van der Waals surface area contributed by atoms with Crippen molar-refractivity contribution in [3.8, 4) is 6.07 Å². The fraction of sp³-hybridized carbons (Fsp3) is 0.455. The van der Waals surface area contributed by atoms with E-state index < -0.39 is 41.1 Å². The molecule has 3 aromatic rings. The molecule has 4 bridgehead atoms. The molecular formula is C33H34F3N5O3. The van der Waals surface area contributed by atoms with E-state index in [1.165, 1.54) is 21.9 Å². The number of H-pyrrole nitrogens is 1. The van der Waals surface area contributed by atoms with E-state index in [9.17, 15) is 32.8 Å². The van der Waals surface area contributed by atoms with Crippen LogP contribution in [0, 0.1) is 17.2 Å². The zero-order valence-electron chi connectivity index (χ0n) is 24.6. The number of nitriles is 1. The molecule has 44 heavy (non-hydrogen) atoms. The zero-order chi connectivity index (χ0) is 31.4. The molecule has 1 saturated heterocycles. The van der Waals surface area contributed by atoms with Crippen LogP contribution in [0.15, 0.2) is 42.5 Å². The maximum absolute atomic E-state index is 14.5. The quantitative estimate of drug-likeness (QED) is 0.394. The van der Waals surface area contributed by atoms with Gasteiger partial charge in [0.2, 0.25) is 11.8 Å². The minimum atomic E-state index is -4.53. The Morgan fingerprint density at radius 3 is 2.64 bits per heavy atom. The third kappa shape index (κ3) is 5.10. The van der Waals surface area contributed by atoms with Gasteiger partial charge in [0.05, 0.1) is 17.0 Å². The Labute approximate surface area is 253 Å². The number of fused-ring (bicyclic) bond motifs is 3. The van der Waals surface area contributed by atoms with Gasteiger partial charge in [-0.15, -0.1) is 0 Å². The average Bonchev–Trinajstić information content (AvgIpc) is 3.66. The topological polar surface area (TPSA) is 109 Å². The van der Waals surface area contributed by atoms with Crippen LogP contribution in [0.3, 0.4) is 0 Å². The molecule has 2 aromatic carbocycles. The van der Waals surface area contributed by atoms with Gasteiger partial charge in [0.25, 0.3) is 5.91 Å². The largest absolute Gasteiger partial charge is 0.416 e. The molecule has 230 valence electrons. The van der Waals surface area contributed by atoms with Gasteiger partial charge in [-0.25, -0.2) is 0 Å². The van der Waals surface area contributed by atoms with E-state index in [1.54, 1.807) is 0 Å². The van der Waals surface area contributed by atoms with Gasteiger partial charge in [0, 0.05) is 36.1 Å². The van der Waals surface area contributed by atoms with Crippen molar-refractivity contribution < 1.29 is 27.6 Å². The van der Waals surface area contributed by atoms with Crippen LogP contribution in [0.1, 0.15) is 73.1 Å². The number of hydrogen-bond acceptors (Lipinski definition) is 4. The maximum Gasteiger partial charge on any atom is 0.416 e. The molecule has 6 rings (SSSR count). The Bertz CT molecular complexity index is 1690. The van der Waals surface area contributed by atoms with E-state index in [2.05, 4.69) is 16.4 Å². The van der Waals surface area contributed by atoms with Gasteiger partial charge in [0.15, 0.2) is 0 Å². The standard InChI is InChI=1S/C33H34F3N5O3/c1-19(2)12-28-30(43)41-18-32(16-23(41)17-37)24-13-20(7-10-25(24)39-31(32)44)6-4-3-5-11-40(28)29(42)27-14-21-8-9-22(33(34,35)36)15-26(21)38-27/h7-10,13-15,19,23,28,38H,3-6,11-12,16,18H2,1-2H3,(H,39,44)/t23-,28-,32-/m0/s1. The number of rotatable bonds is 3. The number of alkyl halides is 3. The van der Waals surface area contributed by atoms with Gasteiger partial charge in [0.1, 0.15) is 17.8 Å². The second-order valence-electron chi connectivity index (χ2n) is 12.7. The summed E-state index contributed by atoms with van der Waals surface area (Å²) >= 11 is 0. The van der Waals surface area contributed by atoms with Gasteiger partial charge in [-0.2, -0.15) is 18.4 Å². The molecule has 3 atom stereocenters. The molecule has 0 saturated carbocycles. The first-order valence-corrected chi connectivity index (χ1v) is 15.1. The maximum atomic E-state index is 14.5. The third-order valence-electron chi connectivity index (χ3n) is 9.23. The van der Waals surface area contributed by atoms with E-state index in [0.717, 1.165) is 42.5 Å². The summed E-state index contributed by atoms with van der Waals surface area (Å²) in [5.74, 6) is -1.13. The predicted molar refractivity (Wildman–Crippen MR) is 158 cm³/mol. The second-order valence-corrected chi connectivity index (χ2v) is 12.7. The van der Waals surface area contributed by atoms with Crippen molar-refractivity contribution in [3.05, 3.63) is 64.8 Å². The Balaban J connectivity index is 1.41. The zero-order valence-corrected chi connectivity index (χ0v) is 24.6. The molecule has 0 aliphatic carbocycles. The normalized spacial score (nSPS) is 24.0. The Morgan fingerprint density at radius 2 is 1.91 bits per heavy atom. The van der Waals surface area contributed by atoms with Crippen molar-refractivity contribution in [3.63, 3.8) is 0 Å². The highest BCUT2D eigenvalue weighted by molar-refractivity contribution is 6.07. The second kappa shape index (κ2) is 11.0. The number of carbonyl (C=O) groups excluding carboxylic acids is 3. The van der Waals surface area contributed by atoms with Gasteiger partial charge < -0.3 is 20.1 Å². The van der Waals surface area contributed by atoms with Crippen LogP contribution in [-0.2, 0) is 27.6 Å². The van der Waals surface area contributed by atoms with Crippen molar-refractivity contribution in [2.45, 2.75) is 76.0 Å². The first kappa shape index (κ1) is 29.7. The molecule has 3 aliphatic heterocycles. The van der Waals surface area contributed by atoms with Crippen molar-refractivity contribution >= 4 is 34.3 Å². The molecule has 3 amide bonds. The molecule has 8 nitrogen and oxygen atoms in total. The molecule has 4 heterocycles. The summed E-state index contributed by atoms with van der Waals surface area (Å²) < 4.78 is 40.1. The SMILES string of the molecule is CC(C)C[C@H]1C(=O)N2C[C@]3(C[C@H]2C#N)C(=O)Nc2ccc(cc23)CCCCCN1C(=O)c1cc2ccc(C(F)(F)F)cc2[nH]1. The van der Waals surface area contributed by atoms with Crippen LogP contribution in [0.2, 0.25) is 0 Å². The lowest BCUT2D eigenvalue weighted by atomic mass is 9.79. The fourth-order valence-electron chi connectivity index (χ4n) is 6.99. The molecule has 1 spiro atoms. The molecule has 3 aliphatic rings. The lowest BCUT2D eigenvalue weighted by Gasteiger charge is -2.35. The van der Waals surface area contributed by atoms with Crippen molar-refractivity contribution in [2.75, 3.05) is 18.4 Å². The summed E-state index contributed by atoms with van der Waals surface area (Å²) in [6.07, 6.45) is -1.07. The summed E-state index contributed by atoms with van der Waals surface area (Å²) in [5.41, 5.74) is 0.940. The summed E-state index contributed by atoms with van der Waals surface area (Å²) in [6.45, 7) is 4.16. The average molecular weight is 606 g/mol. The Kier molecular flexibility index (Phi) is 7.42. The number of aryl methyl sites for hydroxylation is 1.